The van der Waals surface area contributed by atoms with Gasteiger partial charge in [-0.15, -0.1) is 0 Å². The van der Waals surface area contributed by atoms with Gasteiger partial charge < -0.3 is 10.1 Å². The molecule has 0 bridgehead atoms. The molecule has 1 rings (SSSR count). The molecule has 0 amide bonds. The topological polar surface area (TPSA) is 34.2 Å². The van der Waals surface area contributed by atoms with Crippen molar-refractivity contribution in [3.05, 3.63) is 18.3 Å². The van der Waals surface area contributed by atoms with Crippen LogP contribution in [0.3, 0.4) is 0 Å². The van der Waals surface area contributed by atoms with Gasteiger partial charge in [0.05, 0.1) is 7.11 Å². The number of methoxy groups -OCH3 is 1. The van der Waals surface area contributed by atoms with Crippen molar-refractivity contribution in [2.24, 2.45) is 0 Å². The van der Waals surface area contributed by atoms with Crippen LogP contribution in [0, 0.1) is 0 Å². The number of nitrogens with zero attached hydrogens (tertiary/aromatic N) is 1. The van der Waals surface area contributed by atoms with Crippen LogP contribution in [0.25, 0.3) is 0 Å². The van der Waals surface area contributed by atoms with Crippen LogP contribution in [0.4, 0.5) is 5.69 Å². The molecule has 0 saturated carbocycles. The lowest BCUT2D eigenvalue weighted by atomic mass is 10.2. The van der Waals surface area contributed by atoms with E-state index in [1.807, 2.05) is 12.1 Å². The number of anilines is 1. The highest BCUT2D eigenvalue weighted by molar-refractivity contribution is 5.44. The first-order valence-electron chi connectivity index (χ1n) is 5.60. The lowest BCUT2D eigenvalue weighted by Crippen LogP contribution is -2.01. The van der Waals surface area contributed by atoms with E-state index in [4.69, 9.17) is 4.74 Å². The molecule has 0 fully saturated rings. The zero-order valence-electron chi connectivity index (χ0n) is 9.62. The van der Waals surface area contributed by atoms with Crippen molar-refractivity contribution in [2.75, 3.05) is 19.0 Å². The maximum Gasteiger partial charge on any atom is 0.214 e. The Balaban J connectivity index is 2.24. The van der Waals surface area contributed by atoms with E-state index in [2.05, 4.69) is 17.2 Å². The van der Waals surface area contributed by atoms with Gasteiger partial charge in [0, 0.05) is 24.5 Å². The Kier molecular flexibility index (Phi) is 5.59. The minimum absolute atomic E-state index is 0.661. The molecular formula is C12H20N2O. The SMILES string of the molecule is CCCCCCNc1ccnc(OC)c1. The predicted octanol–water partition coefficient (Wildman–Crippen LogP) is 3.08. The third-order valence-corrected chi connectivity index (χ3v) is 2.30. The largest absolute Gasteiger partial charge is 0.481 e. The second-order valence-electron chi connectivity index (χ2n) is 3.57. The van der Waals surface area contributed by atoms with Crippen molar-refractivity contribution in [1.82, 2.24) is 4.98 Å². The number of hydrogen-bond acceptors (Lipinski definition) is 3. The van der Waals surface area contributed by atoms with Gasteiger partial charge in [0.2, 0.25) is 5.88 Å². The van der Waals surface area contributed by atoms with E-state index < -0.39 is 0 Å². The van der Waals surface area contributed by atoms with Crippen LogP contribution in [-0.4, -0.2) is 18.6 Å². The van der Waals surface area contributed by atoms with E-state index in [9.17, 15) is 0 Å². The summed E-state index contributed by atoms with van der Waals surface area (Å²) in [5, 5.41) is 3.36. The Labute approximate surface area is 91.9 Å². The van der Waals surface area contributed by atoms with E-state index in [1.54, 1.807) is 13.3 Å². The van der Waals surface area contributed by atoms with Gasteiger partial charge in [-0.3, -0.25) is 0 Å². The molecule has 1 aromatic heterocycles. The highest BCUT2D eigenvalue weighted by Crippen LogP contribution is 2.13. The minimum Gasteiger partial charge on any atom is -0.481 e. The first kappa shape index (κ1) is 11.8. The van der Waals surface area contributed by atoms with Crippen molar-refractivity contribution in [3.63, 3.8) is 0 Å². The fourth-order valence-corrected chi connectivity index (χ4v) is 1.42. The Morgan fingerprint density at radius 2 is 2.20 bits per heavy atom. The van der Waals surface area contributed by atoms with Crippen molar-refractivity contribution in [3.8, 4) is 5.88 Å². The molecule has 3 heteroatoms. The van der Waals surface area contributed by atoms with Gasteiger partial charge in [-0.25, -0.2) is 4.98 Å². The number of nitrogens with one attached hydrogen (secondary N) is 1. The molecule has 1 aromatic rings. The molecule has 0 aromatic carbocycles. The van der Waals surface area contributed by atoms with E-state index in [0.29, 0.717) is 5.88 Å². The molecule has 0 aliphatic carbocycles. The fraction of sp³-hybridized carbons (Fsp3) is 0.583. The molecule has 0 atom stereocenters. The molecule has 15 heavy (non-hydrogen) atoms. The third kappa shape index (κ3) is 4.68. The number of pyridine rings is 1. The second kappa shape index (κ2) is 7.10. The summed E-state index contributed by atoms with van der Waals surface area (Å²) in [6, 6.07) is 3.88. The average molecular weight is 208 g/mol. The maximum absolute atomic E-state index is 5.05. The van der Waals surface area contributed by atoms with Gasteiger partial charge in [-0.05, 0) is 12.5 Å². The van der Waals surface area contributed by atoms with Crippen molar-refractivity contribution < 1.29 is 4.74 Å². The molecule has 0 spiro atoms. The highest BCUT2D eigenvalue weighted by atomic mass is 16.5. The molecule has 0 radical (unpaired) electrons. The van der Waals surface area contributed by atoms with Crippen molar-refractivity contribution in [2.45, 2.75) is 32.6 Å². The summed E-state index contributed by atoms with van der Waals surface area (Å²) in [7, 11) is 1.63. The van der Waals surface area contributed by atoms with E-state index in [0.717, 1.165) is 12.2 Å². The van der Waals surface area contributed by atoms with Crippen LogP contribution in [0.15, 0.2) is 18.3 Å². The normalized spacial score (nSPS) is 10.0. The van der Waals surface area contributed by atoms with Crippen LogP contribution in [0.1, 0.15) is 32.6 Å². The molecule has 0 saturated heterocycles. The zero-order valence-corrected chi connectivity index (χ0v) is 9.62. The summed E-state index contributed by atoms with van der Waals surface area (Å²) < 4.78 is 5.05. The number of aromatic nitrogens is 1. The summed E-state index contributed by atoms with van der Waals surface area (Å²) in [5.74, 6) is 0.661. The summed E-state index contributed by atoms with van der Waals surface area (Å²) >= 11 is 0. The van der Waals surface area contributed by atoms with Crippen LogP contribution < -0.4 is 10.1 Å². The zero-order chi connectivity index (χ0) is 10.9. The predicted molar refractivity (Wildman–Crippen MR) is 63.4 cm³/mol. The van der Waals surface area contributed by atoms with Gasteiger partial charge in [0.15, 0.2) is 0 Å². The van der Waals surface area contributed by atoms with E-state index in [-0.39, 0.29) is 0 Å². The molecule has 84 valence electrons. The molecule has 1 N–H and O–H groups in total. The Morgan fingerprint density at radius 3 is 2.93 bits per heavy atom. The maximum atomic E-state index is 5.05. The van der Waals surface area contributed by atoms with Crippen LogP contribution in [-0.2, 0) is 0 Å². The van der Waals surface area contributed by atoms with Gasteiger partial charge in [0.25, 0.3) is 0 Å². The first-order chi connectivity index (χ1) is 7.36. The lowest BCUT2D eigenvalue weighted by Gasteiger charge is -2.06. The van der Waals surface area contributed by atoms with Gasteiger partial charge in [-0.1, -0.05) is 26.2 Å². The molecule has 0 aliphatic heterocycles. The Bertz CT molecular complexity index is 276. The molecule has 0 aliphatic rings. The summed E-state index contributed by atoms with van der Waals surface area (Å²) in [6.07, 6.45) is 6.88. The van der Waals surface area contributed by atoms with Crippen molar-refractivity contribution >= 4 is 5.69 Å². The van der Waals surface area contributed by atoms with Gasteiger partial charge in [-0.2, -0.15) is 0 Å². The number of hydrogen-bond donors (Lipinski definition) is 1. The van der Waals surface area contributed by atoms with Crippen molar-refractivity contribution in [1.29, 1.82) is 0 Å². The first-order valence-corrected chi connectivity index (χ1v) is 5.60. The summed E-state index contributed by atoms with van der Waals surface area (Å²) in [4.78, 5) is 4.05. The molecule has 3 nitrogen and oxygen atoms in total. The standard InChI is InChI=1S/C12H20N2O/c1-3-4-5-6-8-13-11-7-9-14-12(10-11)15-2/h7,9-10H,3-6,8H2,1-2H3,(H,13,14). The van der Waals surface area contributed by atoms with Crippen LogP contribution in [0.5, 0.6) is 5.88 Å². The van der Waals surface area contributed by atoms with Crippen LogP contribution >= 0.6 is 0 Å². The second-order valence-corrected chi connectivity index (χ2v) is 3.57. The lowest BCUT2D eigenvalue weighted by molar-refractivity contribution is 0.398. The Hall–Kier alpha value is -1.25. The monoisotopic (exact) mass is 208 g/mol. The van der Waals surface area contributed by atoms with Crippen LogP contribution in [0.2, 0.25) is 0 Å². The number of rotatable bonds is 7. The average Bonchev–Trinajstić information content (AvgIpc) is 2.29. The smallest absolute Gasteiger partial charge is 0.214 e. The van der Waals surface area contributed by atoms with E-state index in [1.165, 1.54) is 25.7 Å². The number of ether oxygens (including phenoxy) is 1. The molecular weight excluding hydrogens is 188 g/mol. The Morgan fingerprint density at radius 1 is 1.33 bits per heavy atom. The highest BCUT2D eigenvalue weighted by Gasteiger charge is 1.95. The molecule has 0 unspecified atom stereocenters. The fourth-order valence-electron chi connectivity index (χ4n) is 1.42. The van der Waals surface area contributed by atoms with Gasteiger partial charge >= 0.3 is 0 Å². The molecule has 1 heterocycles. The summed E-state index contributed by atoms with van der Waals surface area (Å²) in [6.45, 7) is 3.24. The third-order valence-electron chi connectivity index (χ3n) is 2.30. The van der Waals surface area contributed by atoms with E-state index >= 15 is 0 Å². The quantitative estimate of drug-likeness (QED) is 0.699. The minimum atomic E-state index is 0.661. The number of unbranched alkanes of at least 4 members (excludes halogenated alkanes) is 3. The van der Waals surface area contributed by atoms with Gasteiger partial charge in [0.1, 0.15) is 0 Å². The summed E-state index contributed by atoms with van der Waals surface area (Å²) in [5.41, 5.74) is 1.08.